The maximum Gasteiger partial charge on any atom is 0.337 e. The molecule has 0 aromatic rings. The van der Waals surface area contributed by atoms with Crippen molar-refractivity contribution < 1.29 is 36.8 Å². The van der Waals surface area contributed by atoms with E-state index < -0.39 is 15.2 Å². The van der Waals surface area contributed by atoms with Gasteiger partial charge in [0, 0.05) is 41.3 Å². The van der Waals surface area contributed by atoms with Crippen LogP contribution in [0.2, 0.25) is 0 Å². The Morgan fingerprint density at radius 1 is 0.714 bits per heavy atom. The lowest BCUT2D eigenvalue weighted by Gasteiger charge is -2.13. The molecule has 0 saturated carbocycles. The number of Topliss-reactive ketones (excluding diaryl/α,β-unsaturated/α-hetero) is 2. The van der Waals surface area contributed by atoms with Crippen LogP contribution in [0.3, 0.4) is 0 Å². The molecule has 0 aromatic carbocycles. The molecule has 21 heavy (non-hydrogen) atoms. The number of carbonyl (C=O) groups is 2. The van der Waals surface area contributed by atoms with Gasteiger partial charge in [-0.2, -0.15) is 0 Å². The van der Waals surface area contributed by atoms with Crippen molar-refractivity contribution >= 4 is 26.8 Å². The van der Waals surface area contributed by atoms with Crippen LogP contribution < -0.4 is 0 Å². The normalized spacial score (nSPS) is 12.4. The van der Waals surface area contributed by atoms with E-state index in [4.69, 9.17) is 0 Å². The van der Waals surface area contributed by atoms with Gasteiger partial charge < -0.3 is 18.1 Å². The third-order valence-electron chi connectivity index (χ3n) is 2.76. The Morgan fingerprint density at radius 3 is 1.24 bits per heavy atom. The van der Waals surface area contributed by atoms with Gasteiger partial charge in [0.15, 0.2) is 0 Å². The molecule has 0 amide bonds. The van der Waals surface area contributed by atoms with Crippen LogP contribution in [-0.2, 0) is 36.8 Å². The van der Waals surface area contributed by atoms with E-state index >= 15 is 0 Å². The van der Waals surface area contributed by atoms with Crippen molar-refractivity contribution in [1.82, 2.24) is 0 Å². The first-order valence-electron chi connectivity index (χ1n) is 6.18. The van der Waals surface area contributed by atoms with Crippen molar-refractivity contribution in [2.24, 2.45) is 0 Å². The molecule has 0 saturated heterocycles. The van der Waals surface area contributed by atoms with E-state index in [1.54, 1.807) is 0 Å². The fraction of sp³-hybridized carbons (Fsp3) is 0.818. The first-order chi connectivity index (χ1) is 9.74. The molecule has 0 aliphatic rings. The van der Waals surface area contributed by atoms with Crippen LogP contribution >= 0.6 is 15.2 Å². The lowest BCUT2D eigenvalue weighted by Crippen LogP contribution is -2.11. The molecule has 124 valence electrons. The van der Waals surface area contributed by atoms with Crippen molar-refractivity contribution in [2.75, 3.05) is 40.8 Å². The Bertz CT molecular complexity index is 392. The van der Waals surface area contributed by atoms with Crippen molar-refractivity contribution in [3.05, 3.63) is 0 Å². The minimum absolute atomic E-state index is 0.0622. The predicted molar refractivity (Wildman–Crippen MR) is 76.8 cm³/mol. The average molecular weight is 344 g/mol. The topological polar surface area (TPSA) is 105 Å². The van der Waals surface area contributed by atoms with E-state index in [0.29, 0.717) is 0 Å². The van der Waals surface area contributed by atoms with Gasteiger partial charge >= 0.3 is 15.2 Å². The molecule has 0 heterocycles. The molecular formula is C11H22O8P2. The molecule has 0 aliphatic heterocycles. The Hall–Kier alpha value is -0.360. The summed E-state index contributed by atoms with van der Waals surface area (Å²) in [7, 11) is -1.92. The standard InChI is InChI=1S/C11H22O8P2/c1-16-20(14,17-2)8-10(12)6-5-7-11(13)9-21(15,18-3)19-4/h5-9H2,1-4H3. The zero-order chi connectivity index (χ0) is 16.5. The van der Waals surface area contributed by atoms with Crippen LogP contribution in [0.4, 0.5) is 0 Å². The Kier molecular flexibility index (Phi) is 9.45. The molecule has 0 unspecified atom stereocenters. The molecule has 0 atom stereocenters. The maximum atomic E-state index is 11.7. The summed E-state index contributed by atoms with van der Waals surface area (Å²) in [6.07, 6.45) is -0.274. The molecule has 0 fully saturated rings. The highest BCUT2D eigenvalue weighted by Gasteiger charge is 2.27. The molecule has 0 N–H and O–H groups in total. The molecule has 0 aliphatic carbocycles. The summed E-state index contributed by atoms with van der Waals surface area (Å²) in [5.74, 6) is -0.645. The average Bonchev–Trinajstić information content (AvgIpc) is 2.46. The van der Waals surface area contributed by atoms with E-state index in [1.807, 2.05) is 0 Å². The quantitative estimate of drug-likeness (QED) is 0.496. The van der Waals surface area contributed by atoms with E-state index in [9.17, 15) is 18.7 Å². The molecule has 0 aromatic heterocycles. The molecule has 8 nitrogen and oxygen atoms in total. The maximum absolute atomic E-state index is 11.7. The van der Waals surface area contributed by atoms with Gasteiger partial charge in [0.2, 0.25) is 0 Å². The number of hydrogen-bond acceptors (Lipinski definition) is 8. The smallest absolute Gasteiger partial charge is 0.312 e. The van der Waals surface area contributed by atoms with Gasteiger partial charge in [-0.05, 0) is 6.42 Å². The summed E-state index contributed by atoms with van der Waals surface area (Å²) in [6.45, 7) is 0. The predicted octanol–water partition coefficient (Wildman–Crippen LogP) is 2.27. The van der Waals surface area contributed by atoms with Crippen molar-refractivity contribution in [3.8, 4) is 0 Å². The second kappa shape index (κ2) is 9.62. The first kappa shape index (κ1) is 20.6. The van der Waals surface area contributed by atoms with E-state index in [2.05, 4.69) is 18.1 Å². The number of hydrogen-bond donors (Lipinski definition) is 0. The van der Waals surface area contributed by atoms with Gasteiger partial charge in [-0.3, -0.25) is 18.7 Å². The van der Waals surface area contributed by atoms with Crippen molar-refractivity contribution in [3.63, 3.8) is 0 Å². The van der Waals surface area contributed by atoms with Crippen LogP contribution in [0, 0.1) is 0 Å². The highest BCUT2D eigenvalue weighted by Crippen LogP contribution is 2.47. The fourth-order valence-electron chi connectivity index (χ4n) is 1.48. The van der Waals surface area contributed by atoms with Gasteiger partial charge in [0.05, 0.1) is 0 Å². The highest BCUT2D eigenvalue weighted by atomic mass is 31.2. The summed E-state index contributed by atoms with van der Waals surface area (Å²) in [5, 5.41) is 0. The molecule has 10 heteroatoms. The van der Waals surface area contributed by atoms with E-state index in [0.717, 1.165) is 0 Å². The van der Waals surface area contributed by atoms with E-state index in [-0.39, 0.29) is 43.2 Å². The first-order valence-corrected chi connectivity index (χ1v) is 9.64. The highest BCUT2D eigenvalue weighted by molar-refractivity contribution is 7.55. The lowest BCUT2D eigenvalue weighted by molar-refractivity contribution is -0.118. The summed E-state index contributed by atoms with van der Waals surface area (Å²) < 4.78 is 42.1. The monoisotopic (exact) mass is 344 g/mol. The number of rotatable bonds is 12. The number of ketones is 2. The van der Waals surface area contributed by atoms with Crippen molar-refractivity contribution in [1.29, 1.82) is 0 Å². The van der Waals surface area contributed by atoms with Gasteiger partial charge in [0.25, 0.3) is 0 Å². The van der Waals surface area contributed by atoms with Crippen LogP contribution in [-0.4, -0.2) is 52.3 Å². The SMILES string of the molecule is COP(=O)(CC(=O)CCCC(=O)CP(=O)(OC)OC)OC. The zero-order valence-electron chi connectivity index (χ0n) is 12.7. The van der Waals surface area contributed by atoms with Crippen molar-refractivity contribution in [2.45, 2.75) is 19.3 Å². The molecule has 0 radical (unpaired) electrons. The van der Waals surface area contributed by atoms with Crippen LogP contribution in [0.1, 0.15) is 19.3 Å². The van der Waals surface area contributed by atoms with Gasteiger partial charge in [0.1, 0.15) is 23.9 Å². The summed E-state index contributed by atoms with van der Waals surface area (Å²) in [5.41, 5.74) is 0. The van der Waals surface area contributed by atoms with E-state index in [1.165, 1.54) is 28.4 Å². The summed E-state index contributed by atoms with van der Waals surface area (Å²) in [6, 6.07) is 0. The van der Waals surface area contributed by atoms with Crippen LogP contribution in [0.15, 0.2) is 0 Å². The van der Waals surface area contributed by atoms with Gasteiger partial charge in [-0.25, -0.2) is 0 Å². The molecule has 0 spiro atoms. The zero-order valence-corrected chi connectivity index (χ0v) is 14.5. The summed E-state index contributed by atoms with van der Waals surface area (Å²) >= 11 is 0. The largest absolute Gasteiger partial charge is 0.337 e. The third kappa shape index (κ3) is 8.00. The molecule has 0 rings (SSSR count). The Morgan fingerprint density at radius 2 is 1.00 bits per heavy atom. The second-order valence-electron chi connectivity index (χ2n) is 4.20. The second-order valence-corrected chi connectivity index (χ2v) is 8.74. The van der Waals surface area contributed by atoms with Crippen LogP contribution in [0.25, 0.3) is 0 Å². The fourth-order valence-corrected chi connectivity index (χ4v) is 3.47. The number of carbonyl (C=O) groups excluding carboxylic acids is 2. The minimum atomic E-state index is -3.36. The minimum Gasteiger partial charge on any atom is -0.312 e. The van der Waals surface area contributed by atoms with Crippen LogP contribution in [0.5, 0.6) is 0 Å². The third-order valence-corrected chi connectivity index (χ3v) is 6.47. The van der Waals surface area contributed by atoms with Gasteiger partial charge in [-0.1, -0.05) is 0 Å². The molecule has 0 bridgehead atoms. The van der Waals surface area contributed by atoms with Gasteiger partial charge in [-0.15, -0.1) is 0 Å². The molecular weight excluding hydrogens is 322 g/mol. The summed E-state index contributed by atoms with van der Waals surface area (Å²) in [4.78, 5) is 23.2. The Balaban J connectivity index is 4.15. The lowest BCUT2D eigenvalue weighted by atomic mass is 10.1. The Labute approximate surface area is 124 Å².